The van der Waals surface area contributed by atoms with Crippen LogP contribution in [-0.4, -0.2) is 10.7 Å². The van der Waals surface area contributed by atoms with Crippen molar-refractivity contribution in [3.63, 3.8) is 0 Å². The van der Waals surface area contributed by atoms with Crippen LogP contribution in [0.1, 0.15) is 22.3 Å². The first-order chi connectivity index (χ1) is 13.4. The van der Waals surface area contributed by atoms with Gasteiger partial charge < -0.3 is 10.6 Å². The summed E-state index contributed by atoms with van der Waals surface area (Å²) in [5.74, 6) is 0.397. The Morgan fingerprint density at radius 1 is 0.929 bits per heavy atom. The average Bonchev–Trinajstić information content (AvgIpc) is 2.68. The molecule has 0 aliphatic rings. The molecule has 3 rings (SSSR count). The molecule has 0 spiro atoms. The molecule has 0 saturated carbocycles. The van der Waals surface area contributed by atoms with Gasteiger partial charge in [-0.3, -0.25) is 0 Å². The quantitative estimate of drug-likeness (QED) is 0.488. The largest absolute Gasteiger partial charge is 0.416 e. The van der Waals surface area contributed by atoms with Gasteiger partial charge in [-0.1, -0.05) is 47.6 Å². The fourth-order valence-electron chi connectivity index (χ4n) is 2.53. The minimum Gasteiger partial charge on any atom is -0.391 e. The molecule has 4 nitrogen and oxygen atoms in total. The molecule has 0 saturated heterocycles. The molecule has 144 valence electrons. The average molecular weight is 385 g/mol. The van der Waals surface area contributed by atoms with Crippen LogP contribution in [0, 0.1) is 0 Å². The zero-order valence-electron chi connectivity index (χ0n) is 14.9. The van der Waals surface area contributed by atoms with E-state index in [0.29, 0.717) is 23.5 Å². The van der Waals surface area contributed by atoms with E-state index < -0.39 is 11.7 Å². The number of halogens is 3. The van der Waals surface area contributed by atoms with E-state index in [9.17, 15) is 13.2 Å². The monoisotopic (exact) mass is 385 g/mol. The number of nitrogen functional groups attached to an aromatic ring is 1. The number of nitrogens with two attached hydrogens (primary N) is 1. The van der Waals surface area contributed by atoms with Gasteiger partial charge in [0.15, 0.2) is 0 Å². The van der Waals surface area contributed by atoms with E-state index in [1.165, 1.54) is 12.1 Å². The van der Waals surface area contributed by atoms with Crippen molar-refractivity contribution in [1.29, 1.82) is 0 Å². The van der Waals surface area contributed by atoms with Gasteiger partial charge in [-0.25, -0.2) is 4.98 Å². The number of oxime groups is 1. The Labute approximate surface area is 160 Å². The number of rotatable bonds is 6. The summed E-state index contributed by atoms with van der Waals surface area (Å²) in [6.45, 7) is 0.0544. The molecule has 0 bridgehead atoms. The zero-order chi connectivity index (χ0) is 20.0. The third-order valence-corrected chi connectivity index (χ3v) is 4.02. The second-order valence-electron chi connectivity index (χ2n) is 6.14. The molecule has 0 aliphatic carbocycles. The van der Waals surface area contributed by atoms with Gasteiger partial charge in [-0.15, -0.1) is 0 Å². The van der Waals surface area contributed by atoms with E-state index in [0.717, 1.165) is 23.3 Å². The molecule has 2 N–H and O–H groups in total. The highest BCUT2D eigenvalue weighted by Crippen LogP contribution is 2.29. The van der Waals surface area contributed by atoms with E-state index in [4.69, 9.17) is 10.6 Å². The van der Waals surface area contributed by atoms with Gasteiger partial charge in [-0.2, -0.15) is 13.2 Å². The second-order valence-corrected chi connectivity index (χ2v) is 6.14. The Kier molecular flexibility index (Phi) is 5.93. The summed E-state index contributed by atoms with van der Waals surface area (Å²) in [6.07, 6.45) is -2.24. The van der Waals surface area contributed by atoms with E-state index in [2.05, 4.69) is 10.1 Å². The van der Waals surface area contributed by atoms with Crippen molar-refractivity contribution >= 4 is 11.5 Å². The number of benzene rings is 2. The van der Waals surface area contributed by atoms with Crippen LogP contribution in [0.25, 0.3) is 0 Å². The van der Waals surface area contributed by atoms with Gasteiger partial charge >= 0.3 is 6.18 Å². The molecule has 3 aromatic rings. The van der Waals surface area contributed by atoms with Crippen LogP contribution >= 0.6 is 0 Å². The maximum absolute atomic E-state index is 12.6. The van der Waals surface area contributed by atoms with Crippen LogP contribution in [0.5, 0.6) is 0 Å². The Hall–Kier alpha value is -3.35. The molecule has 28 heavy (non-hydrogen) atoms. The SMILES string of the molecule is Nc1ccc(C(Cc2ccccc2)=NOCc2ccc(C(F)(F)F)cc2)cn1. The van der Waals surface area contributed by atoms with Crippen LogP contribution in [0.4, 0.5) is 19.0 Å². The van der Waals surface area contributed by atoms with E-state index >= 15 is 0 Å². The third kappa shape index (κ3) is 5.33. The molecule has 7 heteroatoms. The van der Waals surface area contributed by atoms with Gasteiger partial charge in [0.2, 0.25) is 0 Å². The normalized spacial score (nSPS) is 12.0. The molecule has 0 atom stereocenters. The van der Waals surface area contributed by atoms with Gasteiger partial charge in [-0.05, 0) is 35.4 Å². The fraction of sp³-hybridized carbons (Fsp3) is 0.143. The Bertz CT molecular complexity index is 922. The predicted molar refractivity (Wildman–Crippen MR) is 102 cm³/mol. The molecular weight excluding hydrogens is 367 g/mol. The van der Waals surface area contributed by atoms with Crippen molar-refractivity contribution in [2.45, 2.75) is 19.2 Å². The maximum Gasteiger partial charge on any atom is 0.416 e. The van der Waals surface area contributed by atoms with Gasteiger partial charge in [0, 0.05) is 18.2 Å². The lowest BCUT2D eigenvalue weighted by Crippen LogP contribution is -2.08. The number of pyridine rings is 1. The Balaban J connectivity index is 1.74. The van der Waals surface area contributed by atoms with E-state index in [1.54, 1.807) is 18.3 Å². The second kappa shape index (κ2) is 8.56. The van der Waals surface area contributed by atoms with Crippen molar-refractivity contribution in [2.24, 2.45) is 5.16 Å². The lowest BCUT2D eigenvalue weighted by atomic mass is 10.0. The Morgan fingerprint density at radius 3 is 2.25 bits per heavy atom. The molecule has 1 aromatic heterocycles. The first-order valence-electron chi connectivity index (χ1n) is 8.52. The summed E-state index contributed by atoms with van der Waals surface area (Å²) >= 11 is 0. The molecular formula is C21H18F3N3O. The summed E-state index contributed by atoms with van der Waals surface area (Å²) in [7, 11) is 0. The highest BCUT2D eigenvalue weighted by atomic mass is 19.4. The van der Waals surface area contributed by atoms with Gasteiger partial charge in [0.25, 0.3) is 0 Å². The Morgan fingerprint density at radius 2 is 1.64 bits per heavy atom. The first kappa shape index (κ1) is 19.4. The number of hydrogen-bond donors (Lipinski definition) is 1. The highest BCUT2D eigenvalue weighted by Gasteiger charge is 2.29. The molecule has 0 aliphatic heterocycles. The molecule has 0 unspecified atom stereocenters. The minimum absolute atomic E-state index is 0.0544. The minimum atomic E-state index is -4.36. The molecule has 0 radical (unpaired) electrons. The molecule has 2 aromatic carbocycles. The number of hydrogen-bond acceptors (Lipinski definition) is 4. The standard InChI is InChI=1S/C21H18F3N3O/c22-21(23,24)18-9-6-16(7-10-18)14-28-27-19(12-15-4-2-1-3-5-15)17-8-11-20(25)26-13-17/h1-11,13H,12,14H2,(H2,25,26). The zero-order valence-corrected chi connectivity index (χ0v) is 14.9. The number of alkyl halides is 3. The first-order valence-corrected chi connectivity index (χ1v) is 8.52. The van der Waals surface area contributed by atoms with Crippen LogP contribution in [0.2, 0.25) is 0 Å². The van der Waals surface area contributed by atoms with Crippen LogP contribution in [0.15, 0.2) is 78.1 Å². The van der Waals surface area contributed by atoms with Crippen molar-refractivity contribution in [3.05, 3.63) is 95.2 Å². The molecule has 0 amide bonds. The molecule has 1 heterocycles. The fourth-order valence-corrected chi connectivity index (χ4v) is 2.53. The van der Waals surface area contributed by atoms with Crippen LogP contribution in [-0.2, 0) is 24.0 Å². The number of anilines is 1. The van der Waals surface area contributed by atoms with E-state index in [-0.39, 0.29) is 6.61 Å². The lowest BCUT2D eigenvalue weighted by molar-refractivity contribution is -0.137. The van der Waals surface area contributed by atoms with Crippen LogP contribution in [0.3, 0.4) is 0 Å². The summed E-state index contributed by atoms with van der Waals surface area (Å²) in [5, 5.41) is 4.20. The van der Waals surface area contributed by atoms with Crippen LogP contribution < -0.4 is 5.73 Å². The van der Waals surface area contributed by atoms with E-state index in [1.807, 2.05) is 30.3 Å². The van der Waals surface area contributed by atoms with Gasteiger partial charge in [0.05, 0.1) is 11.3 Å². The van der Waals surface area contributed by atoms with Gasteiger partial charge in [0.1, 0.15) is 12.4 Å². The van der Waals surface area contributed by atoms with Crippen molar-refractivity contribution < 1.29 is 18.0 Å². The van der Waals surface area contributed by atoms with Crippen molar-refractivity contribution in [1.82, 2.24) is 4.98 Å². The number of aromatic nitrogens is 1. The third-order valence-electron chi connectivity index (χ3n) is 4.02. The smallest absolute Gasteiger partial charge is 0.391 e. The topological polar surface area (TPSA) is 60.5 Å². The van der Waals surface area contributed by atoms with Crippen molar-refractivity contribution in [2.75, 3.05) is 5.73 Å². The number of nitrogens with zero attached hydrogens (tertiary/aromatic N) is 2. The maximum atomic E-state index is 12.6. The van der Waals surface area contributed by atoms with Crippen molar-refractivity contribution in [3.8, 4) is 0 Å². The summed E-state index contributed by atoms with van der Waals surface area (Å²) in [4.78, 5) is 9.49. The molecule has 0 fully saturated rings. The predicted octanol–water partition coefficient (Wildman–Crippen LogP) is 4.85. The summed E-state index contributed by atoms with van der Waals surface area (Å²) < 4.78 is 37.9. The lowest BCUT2D eigenvalue weighted by Gasteiger charge is -2.09. The highest BCUT2D eigenvalue weighted by molar-refractivity contribution is 6.01. The summed E-state index contributed by atoms with van der Waals surface area (Å²) in [6, 6.07) is 18.0. The summed E-state index contributed by atoms with van der Waals surface area (Å²) in [5.41, 5.74) is 7.97.